The van der Waals surface area contributed by atoms with E-state index in [1.54, 1.807) is 69.2 Å². The number of rotatable bonds is 23. The van der Waals surface area contributed by atoms with Crippen LogP contribution in [0.4, 0.5) is 0 Å². The SMILES string of the molecule is CC[C@H](C)CCCCCCCC[C@@H]1CC(=O)N[C@@H](CCC(=O)O)C(=O)N[C@@H](CC(C)C)C(=O)N[C@H](CC(C)C)C(=O)N[C@@H](C(C)C)C(=O)N[C@@H](CC(=O)O)C(=O)N[C@H](CC(C)C)C(=O)N[C@@H](C(C)C)C(=O)O1. The van der Waals surface area contributed by atoms with Gasteiger partial charge in [-0.05, 0) is 74.0 Å². The lowest BCUT2D eigenvalue weighted by atomic mass is 9.98. The van der Waals surface area contributed by atoms with Crippen molar-refractivity contribution >= 4 is 59.3 Å². The van der Waals surface area contributed by atoms with Gasteiger partial charge in [-0.1, -0.05) is 128 Å². The molecule has 9 N–H and O–H groups in total. The smallest absolute Gasteiger partial charge is 0.329 e. The maximum atomic E-state index is 14.1. The van der Waals surface area contributed by atoms with E-state index in [1.165, 1.54) is 0 Å². The van der Waals surface area contributed by atoms with E-state index >= 15 is 0 Å². The Bertz CT molecular complexity index is 1790. The number of cyclic esters (lactones) is 1. The number of carboxylic acids is 2. The molecule has 0 radical (unpaired) electrons. The van der Waals surface area contributed by atoms with Gasteiger partial charge in [0.1, 0.15) is 48.4 Å². The molecule has 20 nitrogen and oxygen atoms in total. The summed E-state index contributed by atoms with van der Waals surface area (Å²) in [5.74, 6) is -10.6. The molecule has 0 bridgehead atoms. The molecule has 1 saturated heterocycles. The maximum absolute atomic E-state index is 14.1. The number of hydrogen-bond donors (Lipinski definition) is 9. The zero-order chi connectivity index (χ0) is 54.8. The van der Waals surface area contributed by atoms with Crippen LogP contribution < -0.4 is 37.2 Å². The highest BCUT2D eigenvalue weighted by molar-refractivity contribution is 5.98. The van der Waals surface area contributed by atoms with Crippen molar-refractivity contribution in [1.82, 2.24) is 37.2 Å². The van der Waals surface area contributed by atoms with Crippen LogP contribution in [0.2, 0.25) is 0 Å². The van der Waals surface area contributed by atoms with Gasteiger partial charge in [-0.25, -0.2) is 4.79 Å². The predicted octanol–water partition coefficient (Wildman–Crippen LogP) is 4.65. The van der Waals surface area contributed by atoms with Crippen molar-refractivity contribution < 1.29 is 62.9 Å². The molecule has 1 heterocycles. The molecule has 412 valence electrons. The summed E-state index contributed by atoms with van der Waals surface area (Å²) in [6.45, 7) is 21.7. The highest BCUT2D eigenvalue weighted by atomic mass is 16.5. The third kappa shape index (κ3) is 25.9. The van der Waals surface area contributed by atoms with Gasteiger partial charge >= 0.3 is 17.9 Å². The Morgan fingerprint density at radius 1 is 0.500 bits per heavy atom. The lowest BCUT2D eigenvalue weighted by Gasteiger charge is -2.29. The van der Waals surface area contributed by atoms with E-state index in [0.717, 1.165) is 44.9 Å². The Hall–Kier alpha value is -5.30. The van der Waals surface area contributed by atoms with E-state index in [-0.39, 0.29) is 49.9 Å². The van der Waals surface area contributed by atoms with E-state index in [0.29, 0.717) is 12.3 Å². The first-order valence-electron chi connectivity index (χ1n) is 26.4. The molecule has 0 saturated carbocycles. The second kappa shape index (κ2) is 33.4. The molecule has 0 aliphatic carbocycles. The average Bonchev–Trinajstić information content (AvgIpc) is 3.26. The van der Waals surface area contributed by atoms with Crippen LogP contribution in [0.3, 0.4) is 0 Å². The summed E-state index contributed by atoms with van der Waals surface area (Å²) in [4.78, 5) is 136. The first-order valence-corrected chi connectivity index (χ1v) is 26.4. The number of carboxylic acid groups (broad SMARTS) is 2. The van der Waals surface area contributed by atoms with Crippen molar-refractivity contribution in [2.75, 3.05) is 0 Å². The van der Waals surface area contributed by atoms with Gasteiger partial charge in [-0.15, -0.1) is 0 Å². The van der Waals surface area contributed by atoms with Crippen molar-refractivity contribution in [2.45, 2.75) is 234 Å². The van der Waals surface area contributed by atoms with Gasteiger partial charge in [0, 0.05) is 6.42 Å². The fraction of sp³-hybridized carbons (Fsp3) is 0.808. The largest absolute Gasteiger partial charge is 0.481 e. The lowest BCUT2D eigenvalue weighted by molar-refractivity contribution is -0.156. The van der Waals surface area contributed by atoms with E-state index in [1.807, 2.05) is 0 Å². The molecule has 7 amide bonds. The molecule has 9 atom stereocenters. The van der Waals surface area contributed by atoms with Gasteiger partial charge in [0.2, 0.25) is 41.4 Å². The molecule has 1 fully saturated rings. The summed E-state index contributed by atoms with van der Waals surface area (Å²) >= 11 is 0. The predicted molar refractivity (Wildman–Crippen MR) is 272 cm³/mol. The third-order valence-corrected chi connectivity index (χ3v) is 12.7. The monoisotopic (exact) mass is 1020 g/mol. The van der Waals surface area contributed by atoms with Gasteiger partial charge in [0.15, 0.2) is 0 Å². The molecule has 0 aromatic rings. The van der Waals surface area contributed by atoms with Crippen LogP contribution in [0.1, 0.15) is 186 Å². The number of aliphatic carboxylic acids is 2. The van der Waals surface area contributed by atoms with Crippen molar-refractivity contribution in [2.24, 2.45) is 35.5 Å². The van der Waals surface area contributed by atoms with Crippen molar-refractivity contribution in [3.8, 4) is 0 Å². The molecule has 0 aromatic heterocycles. The minimum atomic E-state index is -1.72. The molecule has 0 spiro atoms. The molecule has 0 unspecified atom stereocenters. The number of carbonyl (C=O) groups is 10. The van der Waals surface area contributed by atoms with Crippen LogP contribution in [0.15, 0.2) is 0 Å². The molecule has 1 aliphatic heterocycles. The Morgan fingerprint density at radius 3 is 1.36 bits per heavy atom. The average molecular weight is 1020 g/mol. The van der Waals surface area contributed by atoms with E-state index < -0.39 is 139 Å². The number of ether oxygens (including phenoxy) is 1. The molecule has 1 aliphatic rings. The number of nitrogens with one attached hydrogen (secondary N) is 7. The zero-order valence-electron chi connectivity index (χ0n) is 45.3. The van der Waals surface area contributed by atoms with E-state index in [9.17, 15) is 58.2 Å². The Labute approximate surface area is 428 Å². The molecule has 20 heteroatoms. The summed E-state index contributed by atoms with van der Waals surface area (Å²) in [7, 11) is 0. The first-order chi connectivity index (χ1) is 33.6. The molecule has 1 rings (SSSR count). The van der Waals surface area contributed by atoms with Gasteiger partial charge in [0.25, 0.3) is 0 Å². The first kappa shape index (κ1) is 64.7. The molecule has 0 aromatic carbocycles. The summed E-state index contributed by atoms with van der Waals surface area (Å²) in [5, 5.41) is 37.8. The van der Waals surface area contributed by atoms with Gasteiger partial charge < -0.3 is 52.2 Å². The van der Waals surface area contributed by atoms with E-state index in [2.05, 4.69) is 51.1 Å². The highest BCUT2D eigenvalue weighted by Gasteiger charge is 2.37. The number of unbranched alkanes of at least 4 members (excludes halogenated alkanes) is 5. The van der Waals surface area contributed by atoms with Crippen molar-refractivity contribution in [3.05, 3.63) is 0 Å². The van der Waals surface area contributed by atoms with Crippen molar-refractivity contribution in [1.29, 1.82) is 0 Å². The van der Waals surface area contributed by atoms with Crippen LogP contribution in [0.5, 0.6) is 0 Å². The van der Waals surface area contributed by atoms with Crippen LogP contribution in [-0.4, -0.2) is 118 Å². The fourth-order valence-electron chi connectivity index (χ4n) is 8.32. The summed E-state index contributed by atoms with van der Waals surface area (Å²) in [6, 6.07) is -9.67. The Kier molecular flexibility index (Phi) is 30.0. The van der Waals surface area contributed by atoms with Gasteiger partial charge in [0.05, 0.1) is 12.8 Å². The Balaban J connectivity index is 3.93. The Morgan fingerprint density at radius 2 is 0.917 bits per heavy atom. The quantitative estimate of drug-likeness (QED) is 0.0498. The topological polar surface area (TPSA) is 305 Å². The van der Waals surface area contributed by atoms with Crippen molar-refractivity contribution in [3.63, 3.8) is 0 Å². The van der Waals surface area contributed by atoms with Crippen LogP contribution in [0, 0.1) is 35.5 Å². The minimum Gasteiger partial charge on any atom is -0.481 e. The second-order valence-electron chi connectivity index (χ2n) is 21.7. The van der Waals surface area contributed by atoms with Gasteiger partial charge in [-0.2, -0.15) is 0 Å². The summed E-state index contributed by atoms with van der Waals surface area (Å²) in [6.07, 6.45) is 4.85. The number of amides is 7. The number of hydrogen-bond acceptors (Lipinski definition) is 11. The normalized spacial score (nSPS) is 24.6. The summed E-state index contributed by atoms with van der Waals surface area (Å²) < 4.78 is 6.00. The van der Waals surface area contributed by atoms with Crippen LogP contribution in [0.25, 0.3) is 0 Å². The van der Waals surface area contributed by atoms with E-state index in [4.69, 9.17) is 4.74 Å². The molecular weight excluding hydrogens is 931 g/mol. The van der Waals surface area contributed by atoms with Crippen LogP contribution >= 0.6 is 0 Å². The lowest BCUT2D eigenvalue weighted by Crippen LogP contribution is -2.61. The zero-order valence-corrected chi connectivity index (χ0v) is 45.3. The molecule has 72 heavy (non-hydrogen) atoms. The minimum absolute atomic E-state index is 0.0356. The number of esters is 1. The third-order valence-electron chi connectivity index (χ3n) is 12.7. The fourth-order valence-corrected chi connectivity index (χ4v) is 8.32. The molecular formula is C52H91N7O13. The summed E-state index contributed by atoms with van der Waals surface area (Å²) in [5.41, 5.74) is 0. The second-order valence-corrected chi connectivity index (χ2v) is 21.7. The van der Waals surface area contributed by atoms with Gasteiger partial charge in [-0.3, -0.25) is 43.2 Å². The standard InChI is InChI=1S/C52H91N7O13/c1-13-34(12)20-18-16-14-15-17-19-21-35-27-41(60)53-36(22-23-42(61)62)46(65)54-37(24-29(2)3)47(66)55-38(25-30(4)5)49(68)58-44(32(8)9)51(70)57-40(28-43(63)64)48(67)56-39(26-31(6)7)50(69)59-45(33(10)11)52(71)72-35/h29-40,44-45H,13-28H2,1-12H3,(H,53,60)(H,54,65)(H,55,66)(H,56,67)(H,57,70)(H,58,68)(H,59,69)(H,61,62)(H,63,64)/t34-,35+,36-,37-,38+,39+,40-,44-,45-/m0/s1. The highest BCUT2D eigenvalue weighted by Crippen LogP contribution is 2.19. The number of carbonyl (C=O) groups excluding carboxylic acids is 8. The van der Waals surface area contributed by atoms with Crippen LogP contribution in [-0.2, 0) is 52.7 Å². The maximum Gasteiger partial charge on any atom is 0.329 e.